The highest BCUT2D eigenvalue weighted by molar-refractivity contribution is 5.82. The lowest BCUT2D eigenvalue weighted by Crippen LogP contribution is -2.25. The molecule has 0 amide bonds. The summed E-state index contributed by atoms with van der Waals surface area (Å²) in [5.41, 5.74) is 6.58. The molecular formula is C50H45F3N10O6. The van der Waals surface area contributed by atoms with Crippen molar-refractivity contribution in [1.29, 1.82) is 0 Å². The summed E-state index contributed by atoms with van der Waals surface area (Å²) in [6.07, 6.45) is 14.8. The molecule has 0 spiro atoms. The van der Waals surface area contributed by atoms with Crippen LogP contribution in [0.5, 0.6) is 12.0 Å². The van der Waals surface area contributed by atoms with Crippen LogP contribution in [0.25, 0.3) is 67.4 Å². The highest BCUT2D eigenvalue weighted by Gasteiger charge is 2.27. The van der Waals surface area contributed by atoms with E-state index in [-0.39, 0.29) is 54.4 Å². The summed E-state index contributed by atoms with van der Waals surface area (Å²) < 4.78 is 55.2. The molecule has 8 aromatic rings. The molecule has 2 fully saturated rings. The second-order valence-electron chi connectivity index (χ2n) is 17.8. The first kappa shape index (κ1) is 45.0. The standard InChI is InChI=1S/C50H45F3N10O6/c51-31-6-13-40-42(18-31)61-47(60-40)34-11-14-38(29-21-55-49(56-22-29)68-32-7-1-26(2-8-32)15-45(64)65)59-39(34)12-5-28-17-41(54-25-35(28)48-62-43-19-36(52)37(53)20-44(43)63-48)30-23-57-50(58-24-30)69-33-9-3-27(4-10-33)16-46(66)67/h6,11,13-14,17-27,32-33H,1-5,7-10,12,15-16H2,(H,60,61)(H,62,63)(H,64,65)(H,66,67). The van der Waals surface area contributed by atoms with E-state index in [4.69, 9.17) is 24.4 Å². The maximum atomic E-state index is 14.3. The minimum atomic E-state index is -1.02. The van der Waals surface area contributed by atoms with E-state index in [2.05, 4.69) is 34.9 Å². The van der Waals surface area contributed by atoms with Crippen molar-refractivity contribution in [2.75, 3.05) is 0 Å². The number of benzene rings is 2. The number of aromatic amines is 2. The molecule has 2 saturated carbocycles. The van der Waals surface area contributed by atoms with Crippen LogP contribution in [0.3, 0.4) is 0 Å². The Labute approximate surface area is 391 Å². The van der Waals surface area contributed by atoms with Crippen LogP contribution in [0.1, 0.15) is 75.5 Å². The van der Waals surface area contributed by atoms with Crippen LogP contribution >= 0.6 is 0 Å². The van der Waals surface area contributed by atoms with Crippen molar-refractivity contribution in [1.82, 2.24) is 49.8 Å². The number of nitrogens with zero attached hydrogens (tertiary/aromatic N) is 8. The molecule has 69 heavy (non-hydrogen) atoms. The second-order valence-corrected chi connectivity index (χ2v) is 17.8. The molecule has 19 heteroatoms. The number of carboxylic acids is 2. The minimum absolute atomic E-state index is 0.113. The van der Waals surface area contributed by atoms with E-state index >= 15 is 0 Å². The van der Waals surface area contributed by atoms with Crippen molar-refractivity contribution in [3.05, 3.63) is 108 Å². The van der Waals surface area contributed by atoms with E-state index < -0.39 is 29.4 Å². The molecule has 10 rings (SSSR count). The highest BCUT2D eigenvalue weighted by atomic mass is 19.2. The Bertz CT molecular complexity index is 3130. The van der Waals surface area contributed by atoms with Gasteiger partial charge in [0.1, 0.15) is 29.7 Å². The summed E-state index contributed by atoms with van der Waals surface area (Å²) >= 11 is 0. The molecule has 4 N–H and O–H groups in total. The SMILES string of the molecule is O=C(O)CC1CCC(Oc2ncc(-c3cc(CCc4nc(-c5cnc(OC6CCC(CC(=O)O)CC6)nc5)ccc4-c4nc5ccc(F)cc5[nH]4)c(-c4nc5cc(F)c(F)cc5[nH]4)cn3)cn2)CC1. The maximum absolute atomic E-state index is 14.3. The Morgan fingerprint density at radius 1 is 0.565 bits per heavy atom. The largest absolute Gasteiger partial charge is 0.481 e. The Kier molecular flexibility index (Phi) is 12.7. The predicted octanol–water partition coefficient (Wildman–Crippen LogP) is 9.50. The lowest BCUT2D eigenvalue weighted by atomic mass is 9.85. The number of pyridine rings is 2. The number of halogens is 3. The Balaban J connectivity index is 0.948. The number of imidazole rings is 2. The fraction of sp³-hybridized carbons (Fsp3) is 0.320. The van der Waals surface area contributed by atoms with Gasteiger partial charge in [-0.05, 0) is 118 Å². The Morgan fingerprint density at radius 3 is 1.72 bits per heavy atom. The third-order valence-corrected chi connectivity index (χ3v) is 13.0. The van der Waals surface area contributed by atoms with Gasteiger partial charge in [0.15, 0.2) is 11.6 Å². The summed E-state index contributed by atoms with van der Waals surface area (Å²) in [5, 5.41) is 18.4. The predicted molar refractivity (Wildman–Crippen MR) is 245 cm³/mol. The number of hydrogen-bond donors (Lipinski definition) is 4. The van der Waals surface area contributed by atoms with Gasteiger partial charge in [-0.25, -0.2) is 43.1 Å². The van der Waals surface area contributed by atoms with E-state index in [1.807, 2.05) is 18.2 Å². The van der Waals surface area contributed by atoms with Crippen molar-refractivity contribution >= 4 is 34.0 Å². The number of H-pyrrole nitrogens is 2. The zero-order chi connectivity index (χ0) is 47.6. The van der Waals surface area contributed by atoms with Crippen LogP contribution < -0.4 is 9.47 Å². The van der Waals surface area contributed by atoms with Crippen molar-refractivity contribution < 1.29 is 42.4 Å². The van der Waals surface area contributed by atoms with Crippen LogP contribution in [-0.2, 0) is 22.4 Å². The third kappa shape index (κ3) is 10.4. The number of nitrogens with one attached hydrogen (secondary N) is 2. The van der Waals surface area contributed by atoms with Gasteiger partial charge in [0.05, 0.1) is 39.1 Å². The van der Waals surface area contributed by atoms with Gasteiger partial charge in [0, 0.05) is 78.2 Å². The van der Waals surface area contributed by atoms with E-state index in [0.29, 0.717) is 106 Å². The quantitative estimate of drug-likeness (QED) is 0.0751. The molecule has 6 aromatic heterocycles. The summed E-state index contributed by atoms with van der Waals surface area (Å²) in [5.74, 6) is -2.95. The highest BCUT2D eigenvalue weighted by Crippen LogP contribution is 2.34. The summed E-state index contributed by atoms with van der Waals surface area (Å²) in [4.78, 5) is 66.0. The molecule has 16 nitrogen and oxygen atoms in total. The molecule has 0 bridgehead atoms. The van der Waals surface area contributed by atoms with Gasteiger partial charge in [-0.2, -0.15) is 0 Å². The first-order valence-electron chi connectivity index (χ1n) is 22.9. The molecule has 352 valence electrons. The minimum Gasteiger partial charge on any atom is -0.481 e. The van der Waals surface area contributed by atoms with Gasteiger partial charge in [-0.1, -0.05) is 0 Å². The van der Waals surface area contributed by atoms with Crippen LogP contribution in [0.15, 0.2) is 79.5 Å². The smallest absolute Gasteiger partial charge is 0.316 e. The van der Waals surface area contributed by atoms with E-state index in [1.54, 1.807) is 37.1 Å². The number of fused-ring (bicyclic) bond motifs is 2. The molecule has 0 unspecified atom stereocenters. The van der Waals surface area contributed by atoms with E-state index in [9.17, 15) is 33.0 Å². The number of aliphatic carboxylic acids is 2. The number of ether oxygens (including phenoxy) is 2. The number of aromatic nitrogens is 10. The second kappa shape index (κ2) is 19.4. The van der Waals surface area contributed by atoms with Crippen molar-refractivity contribution in [2.45, 2.75) is 89.3 Å². The number of hydrogen-bond acceptors (Lipinski definition) is 12. The van der Waals surface area contributed by atoms with Gasteiger partial charge in [-0.3, -0.25) is 19.6 Å². The fourth-order valence-corrected chi connectivity index (χ4v) is 9.36. The third-order valence-electron chi connectivity index (χ3n) is 13.0. The molecule has 0 aliphatic heterocycles. The van der Waals surface area contributed by atoms with Gasteiger partial charge >= 0.3 is 24.0 Å². The molecule has 2 aliphatic carbocycles. The molecular weight excluding hydrogens is 894 g/mol. The van der Waals surface area contributed by atoms with Crippen molar-refractivity contribution in [2.24, 2.45) is 11.8 Å². The Hall–Kier alpha value is -7.83. The first-order valence-corrected chi connectivity index (χ1v) is 22.9. The summed E-state index contributed by atoms with van der Waals surface area (Å²) in [6, 6.07) is 12.4. The molecule has 0 saturated heterocycles. The zero-order valence-electron chi connectivity index (χ0n) is 37.0. The van der Waals surface area contributed by atoms with Crippen LogP contribution in [0.2, 0.25) is 0 Å². The average molecular weight is 939 g/mol. The molecule has 2 aliphatic rings. The Morgan fingerprint density at radius 2 is 1.12 bits per heavy atom. The zero-order valence-corrected chi connectivity index (χ0v) is 37.0. The van der Waals surface area contributed by atoms with Gasteiger partial charge < -0.3 is 29.7 Å². The molecule has 0 atom stereocenters. The maximum Gasteiger partial charge on any atom is 0.316 e. The lowest BCUT2D eigenvalue weighted by Gasteiger charge is -2.27. The van der Waals surface area contributed by atoms with Crippen molar-refractivity contribution in [3.8, 4) is 57.3 Å². The fourth-order valence-electron chi connectivity index (χ4n) is 9.36. The normalized spacial score (nSPS) is 18.4. The van der Waals surface area contributed by atoms with Gasteiger partial charge in [-0.15, -0.1) is 0 Å². The van der Waals surface area contributed by atoms with Crippen LogP contribution in [0.4, 0.5) is 13.2 Å². The summed E-state index contributed by atoms with van der Waals surface area (Å²) in [7, 11) is 0. The van der Waals surface area contributed by atoms with Crippen LogP contribution in [-0.4, -0.2) is 84.2 Å². The molecule has 6 heterocycles. The summed E-state index contributed by atoms with van der Waals surface area (Å²) in [6.45, 7) is 0. The number of rotatable bonds is 15. The van der Waals surface area contributed by atoms with Gasteiger partial charge in [0.2, 0.25) is 0 Å². The van der Waals surface area contributed by atoms with E-state index in [1.165, 1.54) is 12.1 Å². The van der Waals surface area contributed by atoms with Gasteiger partial charge in [0.25, 0.3) is 0 Å². The number of carboxylic acid groups (broad SMARTS) is 2. The molecule has 2 aromatic carbocycles. The number of carbonyl (C=O) groups is 2. The van der Waals surface area contributed by atoms with Crippen molar-refractivity contribution in [3.63, 3.8) is 0 Å². The molecule has 0 radical (unpaired) electrons. The van der Waals surface area contributed by atoms with Crippen LogP contribution in [0, 0.1) is 29.3 Å². The average Bonchev–Trinajstić information content (AvgIpc) is 3.96. The first-order chi connectivity index (χ1) is 33.5. The van der Waals surface area contributed by atoms with E-state index in [0.717, 1.165) is 43.4 Å². The lowest BCUT2D eigenvalue weighted by molar-refractivity contribution is -0.139. The number of aryl methyl sites for hydroxylation is 2. The monoisotopic (exact) mass is 938 g/mol. The topological polar surface area (TPSA) is 228 Å².